The highest BCUT2D eigenvalue weighted by Crippen LogP contribution is 2.45. The van der Waals surface area contributed by atoms with Gasteiger partial charge in [0.15, 0.2) is 90.9 Å². The fourth-order valence-corrected chi connectivity index (χ4v) is 13.8. The molecule has 12 aromatic carbocycles. The molecule has 0 heterocycles. The van der Waals surface area contributed by atoms with Crippen LogP contribution in [-0.4, -0.2) is 35.9 Å². The molecule has 0 spiro atoms. The molecule has 0 bridgehead atoms. The lowest BCUT2D eigenvalue weighted by molar-refractivity contribution is -0.445. The minimum Gasteiger partial charge on any atom is -0.265 e. The standard InChI is InChI=1S/C11HF5S4.C11H6S4.C10HF5S3.C10H6S3.C9HF5S2.C9H6S2.3CH3NO2/c12-3-1(4(13)6(15)7(16)5(3)14)2-8(17)10(19)11(20)9(2)18;12-8-7(6-4-2-1-3-5-6)9(13)11(15)10(8)14;11-3-1(2-8(16)10(18)9(2)17)4(12)6(14)7(15)5(3)13;11-8-7(9(12)10(8)13)6-4-2-1-3-5-6;10-3-1(2-8(15)9(2)16)4(11)6(13)7(14)5(3)12;10-8-7(9(8)11)6-4-2-1-3-5-6;3*1-2(3)4/h17H;1-5,12H;16H;1-5,11H;15H;1-5,10H;3*1H3. The number of hydrogen-bond acceptors (Lipinski definition) is 24. The summed E-state index contributed by atoms with van der Waals surface area (Å²) in [5, 5.41) is 26.4. The van der Waals surface area contributed by atoms with E-state index in [2.05, 4.69) is 88.0 Å². The van der Waals surface area contributed by atoms with Crippen molar-refractivity contribution < 1.29 is 80.6 Å². The van der Waals surface area contributed by atoms with Crippen LogP contribution in [0.5, 0.6) is 0 Å². The van der Waals surface area contributed by atoms with Crippen LogP contribution in [0, 0.1) is 172 Å². The van der Waals surface area contributed by atoms with Crippen LogP contribution in [0.15, 0.2) is 120 Å². The van der Waals surface area contributed by atoms with Gasteiger partial charge in [-0.05, 0) is 16.7 Å². The molecular weight excluding hydrogens is 1760 g/mol. The molecule has 0 saturated heterocycles. The fraction of sp³-hybridized carbons (Fsp3) is 0.0476. The molecule has 0 amide bonds. The van der Waals surface area contributed by atoms with E-state index in [0.29, 0.717) is 13.5 Å². The van der Waals surface area contributed by atoms with Gasteiger partial charge in [-0.3, -0.25) is 30.3 Å². The molecule has 105 heavy (non-hydrogen) atoms. The Labute approximate surface area is 676 Å². The molecule has 0 radical (unpaired) electrons. The number of nitro groups is 3. The van der Waals surface area contributed by atoms with Gasteiger partial charge < -0.3 is 0 Å². The molecule has 0 aliphatic rings. The zero-order valence-electron chi connectivity index (χ0n) is 51.2. The normalized spacial score (nSPS) is 10.4. The zero-order chi connectivity index (χ0) is 80.3. The quantitative estimate of drug-likeness (QED) is 0.0179. The largest absolute Gasteiger partial charge is 0.265 e. The third-order valence-corrected chi connectivity index (χ3v) is 22.0. The van der Waals surface area contributed by atoms with Crippen LogP contribution in [0.25, 0.3) is 66.8 Å². The molecule has 12 rings (SSSR count). The summed E-state index contributed by atoms with van der Waals surface area (Å²) in [5.74, 6) is -30.5. The maximum Gasteiger partial charge on any atom is 0.200 e. The third kappa shape index (κ3) is 21.3. The molecule has 546 valence electrons. The first kappa shape index (κ1) is 91.5. The van der Waals surface area contributed by atoms with Crippen LogP contribution >= 0.6 is 222 Å². The Hall–Kier alpha value is -5.91. The number of rotatable bonds is 6. The van der Waals surface area contributed by atoms with Crippen LogP contribution in [-0.2, 0) is 0 Å². The minimum absolute atomic E-state index is 0.00606. The summed E-state index contributed by atoms with van der Waals surface area (Å²) >= 11 is 83.6. The van der Waals surface area contributed by atoms with Gasteiger partial charge in [-0.2, -0.15) is 0 Å². The van der Waals surface area contributed by atoms with E-state index in [1.54, 1.807) is 0 Å². The Balaban J connectivity index is 0.000000260. The second-order valence-corrected chi connectivity index (χ2v) is 27.1. The molecule has 0 saturated carbocycles. The summed E-state index contributed by atoms with van der Waals surface area (Å²) in [6, 6.07) is 29.9. The Morgan fingerprint density at radius 2 is 0.352 bits per heavy atom. The van der Waals surface area contributed by atoms with Crippen LogP contribution in [0.1, 0.15) is 0 Å². The van der Waals surface area contributed by atoms with Gasteiger partial charge in [0.05, 0.1) is 70.8 Å². The van der Waals surface area contributed by atoms with E-state index < -0.39 is 124 Å². The summed E-state index contributed by atoms with van der Waals surface area (Å²) in [5.41, 5.74) is 2.11. The van der Waals surface area contributed by atoms with Crippen molar-refractivity contribution >= 4 is 222 Å². The van der Waals surface area contributed by atoms with Gasteiger partial charge in [-0.25, -0.2) is 65.9 Å². The van der Waals surface area contributed by atoms with Gasteiger partial charge >= 0.3 is 0 Å². The highest BCUT2D eigenvalue weighted by molar-refractivity contribution is 7.83. The first-order valence-corrected chi connectivity index (χ1v) is 34.4. The van der Waals surface area contributed by atoms with Crippen molar-refractivity contribution in [2.75, 3.05) is 21.1 Å². The number of thiol groups is 6. The SMILES string of the molecule is C[N+](=O)[O-].C[N+](=O)[O-].C[N+](=O)[O-].Fc1c(F)c(F)c(-c2c(S)c(=S)c(=S)c2=S)c(F)c1F.Fc1c(F)c(F)c(-c2c(S)c(=S)c2=S)c(F)c1F.Fc1c(F)c(F)c(-c2c(S)c2=S)c(F)c1F.S=c1c(S)c(-c2ccccc2)c(=S)c1=S.S=c1c(S)c(-c2ccccc2)c1=S.S=c1c(S)c1-c1ccccc1. The molecular formula is C63H30F15N3O6S18. The molecule has 0 aliphatic heterocycles. The van der Waals surface area contributed by atoms with Crippen molar-refractivity contribution in [3.63, 3.8) is 0 Å². The van der Waals surface area contributed by atoms with Gasteiger partial charge in [0.1, 0.15) is 0 Å². The summed E-state index contributed by atoms with van der Waals surface area (Å²) < 4.78 is 201. The number of benzene rings is 6. The average molecular weight is 1790 g/mol. The highest BCUT2D eigenvalue weighted by Gasteiger charge is 2.34. The van der Waals surface area contributed by atoms with E-state index >= 15 is 0 Å². The van der Waals surface area contributed by atoms with E-state index in [1.807, 2.05) is 91.0 Å². The second kappa shape index (κ2) is 39.5. The second-order valence-electron chi connectivity index (χ2n) is 19.5. The Bertz CT molecular complexity index is 5780. The first-order chi connectivity index (χ1) is 48.7. The molecule has 0 unspecified atom stereocenters. The van der Waals surface area contributed by atoms with Gasteiger partial charge in [-0.1, -0.05) is 238 Å². The lowest BCUT2D eigenvalue weighted by atomic mass is 10.0. The van der Waals surface area contributed by atoms with Crippen molar-refractivity contribution in [1.29, 1.82) is 0 Å². The summed E-state index contributed by atoms with van der Waals surface area (Å²) in [4.78, 5) is 27.3. The molecule has 0 aliphatic carbocycles. The Morgan fingerprint density at radius 1 is 0.219 bits per heavy atom. The van der Waals surface area contributed by atoms with E-state index in [-0.39, 0.29) is 52.9 Å². The number of nitrogens with zero attached hydrogens (tertiary/aromatic N) is 3. The van der Waals surface area contributed by atoms with Crippen LogP contribution < -0.4 is 0 Å². The number of halogens is 15. The fourth-order valence-electron chi connectivity index (χ4n) is 7.96. The lowest BCUT2D eigenvalue weighted by Crippen LogP contribution is -2.06. The zero-order valence-corrected chi connectivity index (χ0v) is 66.4. The van der Waals surface area contributed by atoms with E-state index in [4.69, 9.17) is 165 Å². The molecule has 0 N–H and O–H groups in total. The summed E-state index contributed by atoms with van der Waals surface area (Å²) in [6.07, 6.45) is 0. The smallest absolute Gasteiger partial charge is 0.200 e. The molecule has 0 fully saturated rings. The predicted molar refractivity (Wildman–Crippen MR) is 417 cm³/mol. The van der Waals surface area contributed by atoms with Crippen molar-refractivity contribution in [1.82, 2.24) is 0 Å². The van der Waals surface area contributed by atoms with Crippen LogP contribution in [0.4, 0.5) is 65.9 Å². The van der Waals surface area contributed by atoms with E-state index in [1.165, 1.54) is 5.56 Å². The first-order valence-electron chi connectivity index (χ1n) is 26.8. The third-order valence-electron chi connectivity index (χ3n) is 12.8. The maximum absolute atomic E-state index is 13.7. The minimum atomic E-state index is -2.25. The lowest BCUT2D eigenvalue weighted by Gasteiger charge is -2.13. The molecule has 0 aromatic heterocycles. The average Bonchev–Trinajstić information content (AvgIpc) is 1.70. The molecule has 0 atom stereocenters. The van der Waals surface area contributed by atoms with Crippen LogP contribution in [0.2, 0.25) is 0 Å². The monoisotopic (exact) mass is 1780 g/mol. The van der Waals surface area contributed by atoms with Gasteiger partial charge in [0.2, 0.25) is 17.5 Å². The molecule has 12 aromatic rings. The molecule has 9 nitrogen and oxygen atoms in total. The van der Waals surface area contributed by atoms with Crippen molar-refractivity contribution in [3.05, 3.63) is 263 Å². The van der Waals surface area contributed by atoms with Gasteiger partial charge in [0, 0.05) is 77.5 Å². The van der Waals surface area contributed by atoms with E-state index in [9.17, 15) is 65.9 Å². The summed E-state index contributed by atoms with van der Waals surface area (Å²) in [6.45, 7) is 0. The Kier molecular flexibility index (Phi) is 34.4. The van der Waals surface area contributed by atoms with Crippen molar-refractivity contribution in [2.45, 2.75) is 29.4 Å². The maximum atomic E-state index is 13.7. The van der Waals surface area contributed by atoms with E-state index in [0.717, 1.165) is 77.2 Å². The molecule has 42 heteroatoms. The predicted octanol–water partition coefficient (Wildman–Crippen LogP) is 25.6. The topological polar surface area (TPSA) is 129 Å². The van der Waals surface area contributed by atoms with Crippen LogP contribution in [0.3, 0.4) is 0 Å². The van der Waals surface area contributed by atoms with Gasteiger partial charge in [-0.15, -0.1) is 75.8 Å². The summed E-state index contributed by atoms with van der Waals surface area (Å²) in [7, 11) is 2.67. The Morgan fingerprint density at radius 3 is 0.524 bits per heavy atom. The van der Waals surface area contributed by atoms with Crippen molar-refractivity contribution in [3.8, 4) is 66.8 Å². The van der Waals surface area contributed by atoms with Crippen molar-refractivity contribution in [2.24, 2.45) is 0 Å². The highest BCUT2D eigenvalue weighted by atomic mass is 32.1. The number of hydrogen-bond donors (Lipinski definition) is 6. The van der Waals surface area contributed by atoms with Gasteiger partial charge in [0.25, 0.3) is 0 Å².